The maximum Gasteiger partial charge on any atom is 0.482 e. The molecule has 0 aromatic heterocycles. The van der Waals surface area contributed by atoms with Gasteiger partial charge in [0, 0.05) is 4.47 Å². The molecule has 1 aliphatic rings. The van der Waals surface area contributed by atoms with Gasteiger partial charge < -0.3 is 10.1 Å². The van der Waals surface area contributed by atoms with E-state index in [1.54, 1.807) is 0 Å². The fourth-order valence-electron chi connectivity index (χ4n) is 1.13. The van der Waals surface area contributed by atoms with Gasteiger partial charge in [-0.25, -0.2) is 4.39 Å². The monoisotopic (exact) mass is 281 g/mol. The summed E-state index contributed by atoms with van der Waals surface area (Å²) in [5.41, 5.74) is -0.127. The van der Waals surface area contributed by atoms with Gasteiger partial charge in [-0.2, -0.15) is 8.78 Å². The molecule has 80 valence electrons. The van der Waals surface area contributed by atoms with E-state index >= 15 is 0 Å². The van der Waals surface area contributed by atoms with Crippen molar-refractivity contribution in [3.05, 3.63) is 22.4 Å². The van der Waals surface area contributed by atoms with Gasteiger partial charge in [-0.1, -0.05) is 15.9 Å². The minimum atomic E-state index is -4.04. The molecule has 0 bridgehead atoms. The highest BCUT2D eigenvalue weighted by Crippen LogP contribution is 2.39. The average molecular weight is 282 g/mol. The van der Waals surface area contributed by atoms with Gasteiger partial charge >= 0.3 is 12.0 Å². The summed E-state index contributed by atoms with van der Waals surface area (Å²) in [7, 11) is 0. The molecule has 0 unspecified atom stereocenters. The Balaban J connectivity index is 2.55. The topological polar surface area (TPSA) is 38.3 Å². The van der Waals surface area contributed by atoms with Crippen molar-refractivity contribution in [1.29, 1.82) is 0 Å². The molecule has 1 amide bonds. The first-order valence-electron chi connectivity index (χ1n) is 3.77. The molecule has 0 radical (unpaired) electrons. The molecule has 1 aromatic carbocycles. The molecular weight excluding hydrogens is 279 g/mol. The molecular formula is C8H3BrF3NO2. The maximum absolute atomic E-state index is 13.2. The van der Waals surface area contributed by atoms with Crippen molar-refractivity contribution in [3.63, 3.8) is 0 Å². The Kier molecular flexibility index (Phi) is 2.14. The summed E-state index contributed by atoms with van der Waals surface area (Å²) in [5, 5.41) is 1.85. The van der Waals surface area contributed by atoms with E-state index in [0.717, 1.165) is 6.07 Å². The van der Waals surface area contributed by atoms with Gasteiger partial charge in [-0.05, 0) is 12.1 Å². The van der Waals surface area contributed by atoms with Crippen LogP contribution < -0.4 is 10.1 Å². The third-order valence-corrected chi connectivity index (χ3v) is 2.21. The molecule has 0 spiro atoms. The number of carbonyl (C=O) groups excluding carboxylic acids is 1. The lowest BCUT2D eigenvalue weighted by Crippen LogP contribution is -2.43. The zero-order valence-corrected chi connectivity index (χ0v) is 8.57. The fraction of sp³-hybridized carbons (Fsp3) is 0.125. The molecule has 1 N–H and O–H groups in total. The molecule has 2 rings (SSSR count). The Morgan fingerprint density at radius 1 is 1.40 bits per heavy atom. The zero-order chi connectivity index (χ0) is 11.2. The molecule has 0 saturated carbocycles. The van der Waals surface area contributed by atoms with E-state index in [0.29, 0.717) is 4.47 Å². The molecule has 0 fully saturated rings. The third-order valence-electron chi connectivity index (χ3n) is 1.75. The number of benzene rings is 1. The number of halogens is 4. The Morgan fingerprint density at radius 2 is 2.07 bits per heavy atom. The fourth-order valence-corrected chi connectivity index (χ4v) is 1.56. The van der Waals surface area contributed by atoms with Gasteiger partial charge in [0.2, 0.25) is 0 Å². The van der Waals surface area contributed by atoms with Crippen molar-refractivity contribution in [3.8, 4) is 5.75 Å². The molecule has 0 saturated heterocycles. The first-order valence-corrected chi connectivity index (χ1v) is 4.57. The Hall–Kier alpha value is -1.24. The van der Waals surface area contributed by atoms with Crippen molar-refractivity contribution >= 4 is 27.5 Å². The van der Waals surface area contributed by atoms with Crippen LogP contribution in [0, 0.1) is 5.82 Å². The summed E-state index contributed by atoms with van der Waals surface area (Å²) >= 11 is 2.96. The predicted molar refractivity (Wildman–Crippen MR) is 48.3 cm³/mol. The summed E-state index contributed by atoms with van der Waals surface area (Å²) in [6.45, 7) is 0. The van der Waals surface area contributed by atoms with Gasteiger partial charge in [0.05, 0.1) is 5.69 Å². The quantitative estimate of drug-likeness (QED) is 0.794. The van der Waals surface area contributed by atoms with Gasteiger partial charge in [0.25, 0.3) is 0 Å². The normalized spacial score (nSPS) is 17.7. The molecule has 15 heavy (non-hydrogen) atoms. The van der Waals surface area contributed by atoms with Crippen LogP contribution >= 0.6 is 15.9 Å². The number of amides is 1. The van der Waals surface area contributed by atoms with E-state index in [4.69, 9.17) is 0 Å². The lowest BCUT2D eigenvalue weighted by atomic mass is 10.2. The van der Waals surface area contributed by atoms with Crippen LogP contribution in [0.4, 0.5) is 18.9 Å². The minimum absolute atomic E-state index is 0.127. The Morgan fingerprint density at radius 3 is 2.73 bits per heavy atom. The number of anilines is 1. The van der Waals surface area contributed by atoms with Crippen molar-refractivity contribution in [2.45, 2.75) is 6.11 Å². The Labute approximate surface area is 90.3 Å². The number of ether oxygens (including phenoxy) is 1. The van der Waals surface area contributed by atoms with E-state index in [-0.39, 0.29) is 5.69 Å². The molecule has 0 aliphatic carbocycles. The SMILES string of the molecule is O=C1Nc2cc(Br)cc(F)c2OC1(F)F. The van der Waals surface area contributed by atoms with Crippen molar-refractivity contribution in [2.75, 3.05) is 5.32 Å². The van der Waals surface area contributed by atoms with E-state index in [2.05, 4.69) is 20.7 Å². The number of nitrogens with one attached hydrogen (secondary N) is 1. The van der Waals surface area contributed by atoms with E-state index in [1.165, 1.54) is 6.07 Å². The highest BCUT2D eigenvalue weighted by molar-refractivity contribution is 9.10. The van der Waals surface area contributed by atoms with Gasteiger partial charge in [0.1, 0.15) is 0 Å². The van der Waals surface area contributed by atoms with Gasteiger partial charge in [-0.15, -0.1) is 0 Å². The smallest absolute Gasteiger partial charge is 0.420 e. The number of fused-ring (bicyclic) bond motifs is 1. The van der Waals surface area contributed by atoms with E-state index in [1.807, 2.05) is 5.32 Å². The van der Waals surface area contributed by atoms with Crippen LogP contribution in [0.25, 0.3) is 0 Å². The zero-order valence-electron chi connectivity index (χ0n) is 6.98. The van der Waals surface area contributed by atoms with Crippen LogP contribution in [0.3, 0.4) is 0 Å². The van der Waals surface area contributed by atoms with E-state index in [9.17, 15) is 18.0 Å². The minimum Gasteiger partial charge on any atom is -0.420 e. The van der Waals surface area contributed by atoms with Crippen LogP contribution in [-0.2, 0) is 4.79 Å². The first kappa shape index (κ1) is 10.3. The summed E-state index contributed by atoms with van der Waals surface area (Å²) in [6, 6.07) is 2.23. The number of carbonyl (C=O) groups is 1. The average Bonchev–Trinajstić information content (AvgIpc) is 2.09. The second kappa shape index (κ2) is 3.13. The molecule has 1 aromatic rings. The van der Waals surface area contributed by atoms with Gasteiger partial charge in [-0.3, -0.25) is 4.79 Å². The van der Waals surface area contributed by atoms with Gasteiger partial charge in [0.15, 0.2) is 11.6 Å². The van der Waals surface area contributed by atoms with Crippen molar-refractivity contribution < 1.29 is 22.7 Å². The summed E-state index contributed by atoms with van der Waals surface area (Å²) in [4.78, 5) is 10.8. The molecule has 1 aliphatic heterocycles. The third kappa shape index (κ3) is 1.67. The van der Waals surface area contributed by atoms with E-state index < -0.39 is 23.6 Å². The molecule has 7 heteroatoms. The van der Waals surface area contributed by atoms with Crippen LogP contribution in [0.2, 0.25) is 0 Å². The standard InChI is InChI=1S/C8H3BrF3NO2/c9-3-1-4(10)6-5(2-3)13-7(14)8(11,12)15-6/h1-2H,(H,13,14). The summed E-state index contributed by atoms with van der Waals surface area (Å²) in [5.74, 6) is -3.26. The summed E-state index contributed by atoms with van der Waals surface area (Å²) < 4.78 is 42.9. The van der Waals surface area contributed by atoms with Crippen LogP contribution in [0.1, 0.15) is 0 Å². The number of alkyl halides is 2. The number of rotatable bonds is 0. The second-order valence-electron chi connectivity index (χ2n) is 2.84. The number of hydrogen-bond donors (Lipinski definition) is 1. The second-order valence-corrected chi connectivity index (χ2v) is 3.75. The first-order chi connectivity index (χ1) is 6.90. The largest absolute Gasteiger partial charge is 0.482 e. The molecule has 0 atom stereocenters. The highest BCUT2D eigenvalue weighted by atomic mass is 79.9. The van der Waals surface area contributed by atoms with Crippen molar-refractivity contribution in [1.82, 2.24) is 0 Å². The van der Waals surface area contributed by atoms with Crippen molar-refractivity contribution in [2.24, 2.45) is 0 Å². The number of hydrogen-bond acceptors (Lipinski definition) is 2. The summed E-state index contributed by atoms with van der Waals surface area (Å²) in [6.07, 6.45) is -4.04. The highest BCUT2D eigenvalue weighted by Gasteiger charge is 2.47. The lowest BCUT2D eigenvalue weighted by Gasteiger charge is -2.24. The predicted octanol–water partition coefficient (Wildman–Crippen LogP) is 2.51. The molecule has 1 heterocycles. The lowest BCUT2D eigenvalue weighted by molar-refractivity contribution is -0.190. The van der Waals surface area contributed by atoms with Crippen LogP contribution in [0.15, 0.2) is 16.6 Å². The van der Waals surface area contributed by atoms with Crippen LogP contribution in [0.5, 0.6) is 5.75 Å². The Bertz CT molecular complexity index is 450. The molecule has 3 nitrogen and oxygen atoms in total. The van der Waals surface area contributed by atoms with Crippen LogP contribution in [-0.4, -0.2) is 12.0 Å². The maximum atomic E-state index is 13.2.